The average Bonchev–Trinajstić information content (AvgIpc) is 2.88. The highest BCUT2D eigenvalue weighted by molar-refractivity contribution is 7.10. The molecule has 0 bridgehead atoms. The number of halogens is 1. The van der Waals surface area contributed by atoms with E-state index in [1.807, 2.05) is 0 Å². The summed E-state index contributed by atoms with van der Waals surface area (Å²) in [5.41, 5.74) is 1.57. The molecular formula is C16H18FN3O2S. The number of nitrogens with one attached hydrogen (secondary N) is 2. The predicted octanol–water partition coefficient (Wildman–Crippen LogP) is 3.02. The second kappa shape index (κ2) is 7.32. The zero-order chi connectivity index (χ0) is 17.0. The summed E-state index contributed by atoms with van der Waals surface area (Å²) in [6, 6.07) is 5.03. The molecule has 0 aliphatic rings. The highest BCUT2D eigenvalue weighted by Crippen LogP contribution is 2.23. The van der Waals surface area contributed by atoms with Crippen molar-refractivity contribution in [3.63, 3.8) is 0 Å². The summed E-state index contributed by atoms with van der Waals surface area (Å²) < 4.78 is 17.0. The lowest BCUT2D eigenvalue weighted by Gasteiger charge is -2.14. The van der Waals surface area contributed by atoms with Crippen LogP contribution in [0.15, 0.2) is 24.3 Å². The number of anilines is 1. The van der Waals surface area contributed by atoms with Gasteiger partial charge >= 0.3 is 0 Å². The quantitative estimate of drug-likeness (QED) is 0.796. The van der Waals surface area contributed by atoms with Crippen LogP contribution in [0.1, 0.15) is 39.8 Å². The summed E-state index contributed by atoms with van der Waals surface area (Å²) in [6.07, 6.45) is 0.142. The third kappa shape index (κ3) is 4.13. The van der Waals surface area contributed by atoms with Crippen LogP contribution in [-0.2, 0) is 0 Å². The number of carbonyl (C=O) groups is 2. The number of rotatable bonds is 6. The lowest BCUT2D eigenvalue weighted by molar-refractivity contribution is 0.0918. The molecular weight excluding hydrogens is 317 g/mol. The van der Waals surface area contributed by atoms with E-state index in [1.54, 1.807) is 20.9 Å². The number of benzene rings is 1. The van der Waals surface area contributed by atoms with Crippen LogP contribution < -0.4 is 10.6 Å². The standard InChI is InChI=1S/C16H18FN3O2S/c1-9(8-13(21)11-4-6-12(17)7-5-11)19-15(22)14-10(2)20-23-16(14)18-3/h4-7,9,18H,8H2,1-3H3,(H,19,22). The second-order valence-electron chi connectivity index (χ2n) is 5.23. The first-order chi connectivity index (χ1) is 10.9. The Balaban J connectivity index is 2.00. The predicted molar refractivity (Wildman–Crippen MR) is 88.7 cm³/mol. The van der Waals surface area contributed by atoms with Gasteiger partial charge in [-0.3, -0.25) is 9.59 Å². The molecule has 1 atom stereocenters. The molecule has 0 spiro atoms. The topological polar surface area (TPSA) is 71.1 Å². The van der Waals surface area contributed by atoms with Gasteiger partial charge in [-0.1, -0.05) is 0 Å². The fourth-order valence-corrected chi connectivity index (χ4v) is 2.93. The van der Waals surface area contributed by atoms with Crippen LogP contribution in [0.3, 0.4) is 0 Å². The summed E-state index contributed by atoms with van der Waals surface area (Å²) >= 11 is 1.22. The van der Waals surface area contributed by atoms with Crippen molar-refractivity contribution in [2.24, 2.45) is 0 Å². The Labute approximate surface area is 138 Å². The van der Waals surface area contributed by atoms with Gasteiger partial charge in [0, 0.05) is 25.1 Å². The number of aromatic nitrogens is 1. The molecule has 7 heteroatoms. The molecule has 1 aromatic carbocycles. The molecule has 1 unspecified atom stereocenters. The Morgan fingerprint density at radius 1 is 1.30 bits per heavy atom. The van der Waals surface area contributed by atoms with Crippen LogP contribution >= 0.6 is 11.5 Å². The maximum atomic E-state index is 12.9. The molecule has 1 heterocycles. The molecule has 0 saturated heterocycles. The van der Waals surface area contributed by atoms with Crippen molar-refractivity contribution in [3.8, 4) is 0 Å². The average molecular weight is 335 g/mol. The van der Waals surface area contributed by atoms with Crippen molar-refractivity contribution >= 4 is 28.2 Å². The summed E-state index contributed by atoms with van der Waals surface area (Å²) in [6.45, 7) is 3.52. The molecule has 1 amide bonds. The fraction of sp³-hybridized carbons (Fsp3) is 0.312. The molecule has 0 aliphatic carbocycles. The van der Waals surface area contributed by atoms with E-state index in [0.717, 1.165) is 0 Å². The maximum Gasteiger partial charge on any atom is 0.256 e. The second-order valence-corrected chi connectivity index (χ2v) is 6.00. The number of amides is 1. The van der Waals surface area contributed by atoms with Gasteiger partial charge in [-0.05, 0) is 49.6 Å². The van der Waals surface area contributed by atoms with E-state index in [9.17, 15) is 14.0 Å². The lowest BCUT2D eigenvalue weighted by atomic mass is 10.0. The van der Waals surface area contributed by atoms with E-state index in [1.165, 1.54) is 35.8 Å². The van der Waals surface area contributed by atoms with Gasteiger partial charge in [-0.2, -0.15) is 4.37 Å². The number of aryl methyl sites for hydroxylation is 1. The summed E-state index contributed by atoms with van der Waals surface area (Å²) in [5.74, 6) is -0.797. The molecule has 122 valence electrons. The third-order valence-corrected chi connectivity index (χ3v) is 4.31. The minimum atomic E-state index is -0.386. The van der Waals surface area contributed by atoms with E-state index >= 15 is 0 Å². The van der Waals surface area contributed by atoms with E-state index in [2.05, 4.69) is 15.0 Å². The lowest BCUT2D eigenvalue weighted by Crippen LogP contribution is -2.34. The van der Waals surface area contributed by atoms with Crippen LogP contribution in [-0.4, -0.2) is 29.2 Å². The van der Waals surface area contributed by atoms with Gasteiger partial charge in [0.1, 0.15) is 10.8 Å². The minimum absolute atomic E-state index is 0.142. The first-order valence-corrected chi connectivity index (χ1v) is 7.93. The summed E-state index contributed by atoms with van der Waals surface area (Å²) in [5, 5.41) is 6.43. The van der Waals surface area contributed by atoms with Crippen molar-refractivity contribution in [2.75, 3.05) is 12.4 Å². The van der Waals surface area contributed by atoms with Crippen LogP contribution in [0.25, 0.3) is 0 Å². The van der Waals surface area contributed by atoms with Crippen molar-refractivity contribution in [3.05, 3.63) is 46.9 Å². The summed E-state index contributed by atoms with van der Waals surface area (Å²) in [7, 11) is 1.73. The normalized spacial score (nSPS) is 11.8. The molecule has 2 N–H and O–H groups in total. The Kier molecular flexibility index (Phi) is 5.44. The number of nitrogens with zero attached hydrogens (tertiary/aromatic N) is 1. The van der Waals surface area contributed by atoms with Gasteiger partial charge in [0.05, 0.1) is 11.3 Å². The number of ketones is 1. The molecule has 2 rings (SSSR count). The van der Waals surface area contributed by atoms with Crippen LogP contribution in [0.5, 0.6) is 0 Å². The van der Waals surface area contributed by atoms with E-state index < -0.39 is 0 Å². The fourth-order valence-electron chi connectivity index (χ4n) is 2.19. The van der Waals surface area contributed by atoms with E-state index in [-0.39, 0.29) is 30.0 Å². The van der Waals surface area contributed by atoms with Crippen LogP contribution in [0.2, 0.25) is 0 Å². The smallest absolute Gasteiger partial charge is 0.256 e. The SMILES string of the molecule is CNc1snc(C)c1C(=O)NC(C)CC(=O)c1ccc(F)cc1. The number of Topliss-reactive ketones (excluding diaryl/α,β-unsaturated/α-hetero) is 1. The maximum absolute atomic E-state index is 12.9. The Bertz CT molecular complexity index is 713. The molecule has 0 fully saturated rings. The Morgan fingerprint density at radius 2 is 1.96 bits per heavy atom. The Morgan fingerprint density at radius 3 is 2.57 bits per heavy atom. The minimum Gasteiger partial charge on any atom is -0.378 e. The van der Waals surface area contributed by atoms with E-state index in [0.29, 0.717) is 21.8 Å². The van der Waals surface area contributed by atoms with Gasteiger partial charge in [-0.25, -0.2) is 4.39 Å². The van der Waals surface area contributed by atoms with Crippen molar-refractivity contribution in [2.45, 2.75) is 26.3 Å². The molecule has 5 nitrogen and oxygen atoms in total. The molecule has 0 radical (unpaired) electrons. The number of carbonyl (C=O) groups excluding carboxylic acids is 2. The van der Waals surface area contributed by atoms with Gasteiger partial charge in [-0.15, -0.1) is 0 Å². The zero-order valence-corrected chi connectivity index (χ0v) is 14.0. The monoisotopic (exact) mass is 335 g/mol. The molecule has 1 aromatic heterocycles. The van der Waals surface area contributed by atoms with Gasteiger partial charge in [0.2, 0.25) is 0 Å². The molecule has 2 aromatic rings. The Hall–Kier alpha value is -2.28. The number of hydrogen-bond acceptors (Lipinski definition) is 5. The summed E-state index contributed by atoms with van der Waals surface area (Å²) in [4.78, 5) is 24.5. The third-order valence-electron chi connectivity index (χ3n) is 3.35. The van der Waals surface area contributed by atoms with Crippen molar-refractivity contribution < 1.29 is 14.0 Å². The molecule has 0 saturated carbocycles. The first kappa shape index (κ1) is 17.1. The van der Waals surface area contributed by atoms with Gasteiger partial charge < -0.3 is 10.6 Å². The van der Waals surface area contributed by atoms with Crippen molar-refractivity contribution in [1.82, 2.24) is 9.69 Å². The van der Waals surface area contributed by atoms with Crippen LogP contribution in [0, 0.1) is 12.7 Å². The van der Waals surface area contributed by atoms with Crippen molar-refractivity contribution in [1.29, 1.82) is 0 Å². The van der Waals surface area contributed by atoms with E-state index in [4.69, 9.17) is 0 Å². The first-order valence-electron chi connectivity index (χ1n) is 7.16. The largest absolute Gasteiger partial charge is 0.378 e. The molecule has 23 heavy (non-hydrogen) atoms. The van der Waals surface area contributed by atoms with Gasteiger partial charge in [0.15, 0.2) is 5.78 Å². The van der Waals surface area contributed by atoms with Crippen LogP contribution in [0.4, 0.5) is 9.39 Å². The highest BCUT2D eigenvalue weighted by Gasteiger charge is 2.20. The zero-order valence-electron chi connectivity index (χ0n) is 13.1. The highest BCUT2D eigenvalue weighted by atomic mass is 32.1. The van der Waals surface area contributed by atoms with Gasteiger partial charge in [0.25, 0.3) is 5.91 Å². The molecule has 0 aliphatic heterocycles. The number of hydrogen-bond donors (Lipinski definition) is 2.